The zero-order valence-corrected chi connectivity index (χ0v) is 10.8. The van der Waals surface area contributed by atoms with E-state index in [1.807, 2.05) is 11.0 Å². The predicted octanol–water partition coefficient (Wildman–Crippen LogP) is 1.08. The van der Waals surface area contributed by atoms with Gasteiger partial charge >= 0.3 is 11.9 Å². The van der Waals surface area contributed by atoms with E-state index in [0.29, 0.717) is 19.6 Å². The fourth-order valence-corrected chi connectivity index (χ4v) is 1.70. The van der Waals surface area contributed by atoms with E-state index in [0.717, 1.165) is 5.56 Å². The highest BCUT2D eigenvalue weighted by Crippen LogP contribution is 2.07. The highest BCUT2D eigenvalue weighted by Gasteiger charge is 2.17. The lowest BCUT2D eigenvalue weighted by atomic mass is 10.1. The van der Waals surface area contributed by atoms with E-state index in [2.05, 4.69) is 4.98 Å². The molecule has 0 aliphatic heterocycles. The van der Waals surface area contributed by atoms with Gasteiger partial charge in [0.15, 0.2) is 0 Å². The van der Waals surface area contributed by atoms with Crippen molar-refractivity contribution < 1.29 is 19.8 Å². The molecule has 1 heterocycles. The maximum Gasteiger partial charge on any atom is 0.307 e. The number of aliphatic carboxylic acids is 2. The summed E-state index contributed by atoms with van der Waals surface area (Å²) in [6.45, 7) is 2.75. The predicted molar refractivity (Wildman–Crippen MR) is 68.6 cm³/mol. The average Bonchev–Trinajstić information content (AvgIpc) is 2.37. The molecule has 0 aliphatic carbocycles. The van der Waals surface area contributed by atoms with E-state index in [4.69, 9.17) is 10.2 Å². The molecule has 0 bridgehead atoms. The van der Waals surface area contributed by atoms with Crippen LogP contribution >= 0.6 is 0 Å². The molecular weight excluding hydrogens is 248 g/mol. The van der Waals surface area contributed by atoms with Crippen molar-refractivity contribution in [2.45, 2.75) is 19.9 Å². The smallest absolute Gasteiger partial charge is 0.307 e. The number of hydrogen-bond acceptors (Lipinski definition) is 4. The molecule has 6 heteroatoms. The highest BCUT2D eigenvalue weighted by molar-refractivity contribution is 5.69. The zero-order valence-electron chi connectivity index (χ0n) is 10.8. The molecule has 1 rings (SSSR count). The fraction of sp³-hybridized carbons (Fsp3) is 0.462. The molecule has 0 fully saturated rings. The summed E-state index contributed by atoms with van der Waals surface area (Å²) in [7, 11) is 0. The Morgan fingerprint density at radius 2 is 2.16 bits per heavy atom. The first kappa shape index (κ1) is 15.1. The standard InChI is InChI=1S/C13H18N2O4/c1-10(13(18)19)8-15(6-4-12(16)17)9-11-3-2-5-14-7-11/h2-3,5,7,10H,4,6,8-9H2,1H3,(H,16,17)(H,18,19). The Bertz CT molecular complexity index is 422. The van der Waals surface area contributed by atoms with Crippen LogP contribution in [0.3, 0.4) is 0 Å². The molecule has 1 aromatic heterocycles. The lowest BCUT2D eigenvalue weighted by Gasteiger charge is -2.23. The van der Waals surface area contributed by atoms with Crippen molar-refractivity contribution in [2.24, 2.45) is 5.92 Å². The average molecular weight is 266 g/mol. The number of aromatic nitrogens is 1. The number of carbonyl (C=O) groups is 2. The normalized spacial score (nSPS) is 12.3. The number of rotatable bonds is 8. The van der Waals surface area contributed by atoms with Crippen LogP contribution in [-0.2, 0) is 16.1 Å². The second kappa shape index (κ2) is 7.48. The lowest BCUT2D eigenvalue weighted by Crippen LogP contribution is -2.33. The topological polar surface area (TPSA) is 90.7 Å². The zero-order chi connectivity index (χ0) is 14.3. The molecule has 0 aliphatic rings. The minimum atomic E-state index is -0.890. The van der Waals surface area contributed by atoms with E-state index in [9.17, 15) is 9.59 Å². The summed E-state index contributed by atoms with van der Waals surface area (Å²) in [5, 5.41) is 17.6. The van der Waals surface area contributed by atoms with Gasteiger partial charge in [0.05, 0.1) is 12.3 Å². The highest BCUT2D eigenvalue weighted by atomic mass is 16.4. The molecule has 19 heavy (non-hydrogen) atoms. The fourth-order valence-electron chi connectivity index (χ4n) is 1.70. The summed E-state index contributed by atoms with van der Waals surface area (Å²) in [4.78, 5) is 27.3. The van der Waals surface area contributed by atoms with Crippen molar-refractivity contribution in [3.63, 3.8) is 0 Å². The van der Waals surface area contributed by atoms with Crippen LogP contribution in [0.25, 0.3) is 0 Å². The maximum atomic E-state index is 10.9. The first-order valence-electron chi connectivity index (χ1n) is 6.05. The van der Waals surface area contributed by atoms with Crippen LogP contribution < -0.4 is 0 Å². The van der Waals surface area contributed by atoms with E-state index < -0.39 is 17.9 Å². The quantitative estimate of drug-likeness (QED) is 0.731. The van der Waals surface area contributed by atoms with Crippen LogP contribution in [0.2, 0.25) is 0 Å². The number of hydrogen-bond donors (Lipinski definition) is 2. The monoisotopic (exact) mass is 266 g/mol. The summed E-state index contributed by atoms with van der Waals surface area (Å²) < 4.78 is 0. The first-order chi connectivity index (χ1) is 8.99. The summed E-state index contributed by atoms with van der Waals surface area (Å²) in [6, 6.07) is 3.68. The van der Waals surface area contributed by atoms with Crippen LogP contribution in [0.15, 0.2) is 24.5 Å². The van der Waals surface area contributed by atoms with Gasteiger partial charge in [0.1, 0.15) is 0 Å². The first-order valence-corrected chi connectivity index (χ1v) is 6.05. The van der Waals surface area contributed by atoms with Crippen LogP contribution in [0.1, 0.15) is 18.9 Å². The molecule has 104 valence electrons. The van der Waals surface area contributed by atoms with Crippen LogP contribution in [0.5, 0.6) is 0 Å². The minimum absolute atomic E-state index is 0.00734. The molecule has 1 atom stereocenters. The second-order valence-electron chi connectivity index (χ2n) is 4.48. The van der Waals surface area contributed by atoms with E-state index in [1.54, 1.807) is 25.4 Å². The van der Waals surface area contributed by atoms with Crippen molar-refractivity contribution in [3.05, 3.63) is 30.1 Å². The minimum Gasteiger partial charge on any atom is -0.481 e. The van der Waals surface area contributed by atoms with Gasteiger partial charge in [-0.05, 0) is 11.6 Å². The molecule has 1 aromatic rings. The Labute approximate surface area is 111 Å². The molecular formula is C13H18N2O4. The van der Waals surface area contributed by atoms with E-state index in [-0.39, 0.29) is 6.42 Å². The summed E-state index contributed by atoms with van der Waals surface area (Å²) in [5.74, 6) is -2.31. The molecule has 0 spiro atoms. The van der Waals surface area contributed by atoms with Gasteiger partial charge in [-0.15, -0.1) is 0 Å². The number of carboxylic acid groups (broad SMARTS) is 2. The molecule has 0 aromatic carbocycles. The van der Waals surface area contributed by atoms with Crippen LogP contribution in [-0.4, -0.2) is 45.1 Å². The van der Waals surface area contributed by atoms with Crippen molar-refractivity contribution in [3.8, 4) is 0 Å². The molecule has 0 saturated carbocycles. The SMILES string of the molecule is CC(CN(CCC(=O)O)Cc1cccnc1)C(=O)O. The van der Waals surface area contributed by atoms with Crippen LogP contribution in [0, 0.1) is 5.92 Å². The molecule has 0 saturated heterocycles. The van der Waals surface area contributed by atoms with Gasteiger partial charge in [0.2, 0.25) is 0 Å². The van der Waals surface area contributed by atoms with E-state index >= 15 is 0 Å². The van der Waals surface area contributed by atoms with Gasteiger partial charge < -0.3 is 10.2 Å². The van der Waals surface area contributed by atoms with Gasteiger partial charge in [-0.1, -0.05) is 13.0 Å². The second-order valence-corrected chi connectivity index (χ2v) is 4.48. The van der Waals surface area contributed by atoms with Crippen LogP contribution in [0.4, 0.5) is 0 Å². The van der Waals surface area contributed by atoms with Gasteiger partial charge in [0.25, 0.3) is 0 Å². The van der Waals surface area contributed by atoms with Gasteiger partial charge in [0, 0.05) is 32.0 Å². The maximum absolute atomic E-state index is 10.9. The molecule has 6 nitrogen and oxygen atoms in total. The summed E-state index contributed by atoms with van der Waals surface area (Å²) >= 11 is 0. The Morgan fingerprint density at radius 3 is 2.68 bits per heavy atom. The molecule has 0 radical (unpaired) electrons. The van der Waals surface area contributed by atoms with E-state index in [1.165, 1.54) is 0 Å². The third kappa shape index (κ3) is 5.96. The summed E-state index contributed by atoms with van der Waals surface area (Å²) in [6.07, 6.45) is 3.34. The van der Waals surface area contributed by atoms with Crippen molar-refractivity contribution >= 4 is 11.9 Å². The van der Waals surface area contributed by atoms with Gasteiger partial charge in [-0.3, -0.25) is 19.5 Å². The molecule has 2 N–H and O–H groups in total. The largest absolute Gasteiger partial charge is 0.481 e. The summed E-state index contributed by atoms with van der Waals surface area (Å²) in [5.41, 5.74) is 0.936. The van der Waals surface area contributed by atoms with Gasteiger partial charge in [-0.2, -0.15) is 0 Å². The number of carboxylic acids is 2. The molecule has 0 amide bonds. The Balaban J connectivity index is 2.63. The van der Waals surface area contributed by atoms with Crippen molar-refractivity contribution in [1.82, 2.24) is 9.88 Å². The Kier molecular flexibility index (Phi) is 5.95. The number of nitrogens with zero attached hydrogens (tertiary/aromatic N) is 2. The Hall–Kier alpha value is -1.95. The van der Waals surface area contributed by atoms with Crippen molar-refractivity contribution in [2.75, 3.05) is 13.1 Å². The van der Waals surface area contributed by atoms with Gasteiger partial charge in [-0.25, -0.2) is 0 Å². The van der Waals surface area contributed by atoms with Crippen molar-refractivity contribution in [1.29, 1.82) is 0 Å². The third-order valence-electron chi connectivity index (χ3n) is 2.72. The number of pyridine rings is 1. The lowest BCUT2D eigenvalue weighted by molar-refractivity contribution is -0.141. The molecule has 1 unspecified atom stereocenters. The Morgan fingerprint density at radius 1 is 1.42 bits per heavy atom. The third-order valence-corrected chi connectivity index (χ3v) is 2.72.